The lowest BCUT2D eigenvalue weighted by molar-refractivity contribution is 0.283. The zero-order valence-electron chi connectivity index (χ0n) is 10.4. The van der Waals surface area contributed by atoms with E-state index in [0.717, 1.165) is 22.3 Å². The molecule has 2 aromatic heterocycles. The fourth-order valence-corrected chi connectivity index (χ4v) is 2.38. The van der Waals surface area contributed by atoms with Crippen LogP contribution in [0.25, 0.3) is 10.9 Å². The lowest BCUT2D eigenvalue weighted by atomic mass is 10.2. The minimum atomic E-state index is 0.00392. The van der Waals surface area contributed by atoms with E-state index >= 15 is 0 Å². The van der Waals surface area contributed by atoms with Crippen molar-refractivity contribution in [1.29, 1.82) is 0 Å². The smallest absolute Gasteiger partial charge is 0.146 e. The Bertz CT molecular complexity index is 731. The molecular weight excluding hydrogens is 264 g/mol. The van der Waals surface area contributed by atoms with Crippen molar-refractivity contribution >= 4 is 22.5 Å². The van der Waals surface area contributed by atoms with Gasteiger partial charge in [0.05, 0.1) is 18.7 Å². The normalized spacial score (nSPS) is 11.3. The highest BCUT2D eigenvalue weighted by Crippen LogP contribution is 2.25. The van der Waals surface area contributed by atoms with E-state index in [1.54, 1.807) is 4.68 Å². The minimum Gasteiger partial charge on any atom is -0.392 e. The number of nitrogens with zero attached hydrogens (tertiary/aromatic N) is 4. The first-order chi connectivity index (χ1) is 9.19. The number of benzene rings is 1. The summed E-state index contributed by atoms with van der Waals surface area (Å²) in [6.45, 7) is 0.595. The van der Waals surface area contributed by atoms with Gasteiger partial charge in [0.15, 0.2) is 0 Å². The van der Waals surface area contributed by atoms with Crippen LogP contribution >= 0.6 is 11.6 Å². The minimum absolute atomic E-state index is 0.00392. The summed E-state index contributed by atoms with van der Waals surface area (Å²) >= 11 is 6.05. The molecule has 0 saturated heterocycles. The van der Waals surface area contributed by atoms with Crippen LogP contribution < -0.4 is 0 Å². The van der Waals surface area contributed by atoms with Crippen LogP contribution in [0.2, 0.25) is 5.02 Å². The van der Waals surface area contributed by atoms with Crippen molar-refractivity contribution < 1.29 is 5.11 Å². The number of fused-ring (bicyclic) bond motifs is 1. The molecule has 2 heterocycles. The molecule has 0 bridgehead atoms. The number of rotatable bonds is 3. The molecule has 1 aromatic carbocycles. The number of aromatic nitrogens is 4. The van der Waals surface area contributed by atoms with Gasteiger partial charge in [-0.25, -0.2) is 4.98 Å². The van der Waals surface area contributed by atoms with Crippen molar-refractivity contribution in [3.8, 4) is 0 Å². The first-order valence-corrected chi connectivity index (χ1v) is 6.28. The third-order valence-corrected chi connectivity index (χ3v) is 3.45. The van der Waals surface area contributed by atoms with Gasteiger partial charge in [0, 0.05) is 29.2 Å². The maximum Gasteiger partial charge on any atom is 0.146 e. The molecule has 0 spiro atoms. The summed E-state index contributed by atoms with van der Waals surface area (Å²) in [5.74, 6) is 0.848. The topological polar surface area (TPSA) is 55.9 Å². The Hall–Kier alpha value is -1.85. The number of aliphatic hydroxyl groups excluding tert-OH is 1. The van der Waals surface area contributed by atoms with Crippen LogP contribution in [0.15, 0.2) is 30.7 Å². The second-order valence-electron chi connectivity index (χ2n) is 4.40. The molecule has 0 radical (unpaired) electrons. The molecule has 0 fully saturated rings. The molecule has 3 rings (SSSR count). The molecule has 0 aliphatic heterocycles. The third kappa shape index (κ3) is 2.11. The molecule has 0 aliphatic rings. The predicted molar refractivity (Wildman–Crippen MR) is 73.0 cm³/mol. The molecule has 98 valence electrons. The van der Waals surface area contributed by atoms with Gasteiger partial charge in [0.1, 0.15) is 12.2 Å². The monoisotopic (exact) mass is 276 g/mol. The molecule has 1 N–H and O–H groups in total. The number of aryl methyl sites for hydroxylation is 1. The summed E-state index contributed by atoms with van der Waals surface area (Å²) < 4.78 is 3.76. The van der Waals surface area contributed by atoms with Crippen LogP contribution in [0.4, 0.5) is 0 Å². The molecule has 3 aromatic rings. The molecule has 5 nitrogen and oxygen atoms in total. The highest BCUT2D eigenvalue weighted by Gasteiger charge is 2.10. The largest absolute Gasteiger partial charge is 0.392 e. The fourth-order valence-electron chi connectivity index (χ4n) is 2.21. The third-order valence-electron chi connectivity index (χ3n) is 3.21. The predicted octanol–water partition coefficient (Wildman–Crippen LogP) is 1.96. The van der Waals surface area contributed by atoms with Gasteiger partial charge in [0.25, 0.3) is 0 Å². The van der Waals surface area contributed by atoms with E-state index in [-0.39, 0.29) is 6.61 Å². The van der Waals surface area contributed by atoms with E-state index in [9.17, 15) is 5.11 Å². The van der Waals surface area contributed by atoms with Crippen LogP contribution in [-0.4, -0.2) is 24.4 Å². The van der Waals surface area contributed by atoms with E-state index < -0.39 is 0 Å². The lowest BCUT2D eigenvalue weighted by Crippen LogP contribution is -2.05. The summed E-state index contributed by atoms with van der Waals surface area (Å²) in [7, 11) is 1.86. The van der Waals surface area contributed by atoms with Gasteiger partial charge < -0.3 is 9.67 Å². The first kappa shape index (κ1) is 12.2. The molecule has 0 atom stereocenters. The molecule has 0 aliphatic carbocycles. The Morgan fingerprint density at radius 3 is 2.89 bits per heavy atom. The maximum absolute atomic E-state index is 9.42. The van der Waals surface area contributed by atoms with Gasteiger partial charge >= 0.3 is 0 Å². The lowest BCUT2D eigenvalue weighted by Gasteiger charge is -2.04. The standard InChI is InChI=1S/C13H13ClN4O/c1-17-13(15-8-16-17)6-18-5-9(7-19)11-3-2-10(14)4-12(11)18/h2-5,8,19H,6-7H2,1H3. The van der Waals surface area contributed by atoms with E-state index in [1.807, 2.05) is 36.0 Å². The second kappa shape index (κ2) is 4.68. The number of hydrogen-bond donors (Lipinski definition) is 1. The van der Waals surface area contributed by atoms with Gasteiger partial charge in [-0.2, -0.15) is 5.10 Å². The Labute approximate surface area is 115 Å². The van der Waals surface area contributed by atoms with E-state index in [0.29, 0.717) is 11.6 Å². The molecule has 6 heteroatoms. The summed E-state index contributed by atoms with van der Waals surface area (Å²) in [6.07, 6.45) is 3.45. The zero-order valence-corrected chi connectivity index (χ0v) is 11.2. The van der Waals surface area contributed by atoms with Gasteiger partial charge in [-0.3, -0.25) is 4.68 Å². The fraction of sp³-hybridized carbons (Fsp3) is 0.231. The van der Waals surface area contributed by atoms with Crippen LogP contribution in [0.3, 0.4) is 0 Å². The highest BCUT2D eigenvalue weighted by atomic mass is 35.5. The van der Waals surface area contributed by atoms with Crippen LogP contribution in [-0.2, 0) is 20.2 Å². The Morgan fingerprint density at radius 2 is 2.21 bits per heavy atom. The summed E-state index contributed by atoms with van der Waals surface area (Å²) in [4.78, 5) is 4.21. The molecule has 19 heavy (non-hydrogen) atoms. The average Bonchev–Trinajstić information content (AvgIpc) is 2.95. The van der Waals surface area contributed by atoms with E-state index in [4.69, 9.17) is 11.6 Å². The summed E-state index contributed by atoms with van der Waals surface area (Å²) in [5, 5.41) is 15.2. The van der Waals surface area contributed by atoms with E-state index in [1.165, 1.54) is 6.33 Å². The molecule has 0 saturated carbocycles. The van der Waals surface area contributed by atoms with Crippen molar-refractivity contribution in [2.75, 3.05) is 0 Å². The summed E-state index contributed by atoms with van der Waals surface area (Å²) in [6, 6.07) is 5.65. The molecular formula is C13H13ClN4O. The van der Waals surface area contributed by atoms with Gasteiger partial charge in [-0.15, -0.1) is 0 Å². The highest BCUT2D eigenvalue weighted by molar-refractivity contribution is 6.31. The Morgan fingerprint density at radius 1 is 1.37 bits per heavy atom. The average molecular weight is 277 g/mol. The maximum atomic E-state index is 9.42. The van der Waals surface area contributed by atoms with Crippen molar-refractivity contribution in [1.82, 2.24) is 19.3 Å². The van der Waals surface area contributed by atoms with Gasteiger partial charge in [-0.05, 0) is 12.1 Å². The summed E-state index contributed by atoms with van der Waals surface area (Å²) in [5.41, 5.74) is 1.87. The molecule has 0 unspecified atom stereocenters. The van der Waals surface area contributed by atoms with Crippen LogP contribution in [0, 0.1) is 0 Å². The Kier molecular flexibility index (Phi) is 3.00. The molecule has 0 amide bonds. The van der Waals surface area contributed by atoms with Crippen molar-refractivity contribution in [3.05, 3.63) is 47.1 Å². The zero-order chi connectivity index (χ0) is 13.4. The SMILES string of the molecule is Cn1ncnc1Cn1cc(CO)c2ccc(Cl)cc21. The number of halogens is 1. The first-order valence-electron chi connectivity index (χ1n) is 5.90. The van der Waals surface area contributed by atoms with Crippen molar-refractivity contribution in [3.63, 3.8) is 0 Å². The quantitative estimate of drug-likeness (QED) is 0.796. The number of aliphatic hydroxyl groups is 1. The van der Waals surface area contributed by atoms with Crippen LogP contribution in [0.5, 0.6) is 0 Å². The number of hydrogen-bond acceptors (Lipinski definition) is 3. The van der Waals surface area contributed by atoms with Crippen molar-refractivity contribution in [2.45, 2.75) is 13.2 Å². The van der Waals surface area contributed by atoms with E-state index in [2.05, 4.69) is 10.1 Å². The second-order valence-corrected chi connectivity index (χ2v) is 4.84. The van der Waals surface area contributed by atoms with Crippen molar-refractivity contribution in [2.24, 2.45) is 7.05 Å². The van der Waals surface area contributed by atoms with Gasteiger partial charge in [-0.1, -0.05) is 17.7 Å². The van der Waals surface area contributed by atoms with Crippen LogP contribution in [0.1, 0.15) is 11.4 Å². The van der Waals surface area contributed by atoms with Gasteiger partial charge in [0.2, 0.25) is 0 Å². The Balaban J connectivity index is 2.12.